The highest BCUT2D eigenvalue weighted by atomic mass is 16.5. The molecule has 0 unspecified atom stereocenters. The zero-order valence-electron chi connectivity index (χ0n) is 14.8. The lowest BCUT2D eigenvalue weighted by molar-refractivity contribution is 0.282. The summed E-state index contributed by atoms with van der Waals surface area (Å²) in [5.41, 5.74) is 2.59. The Kier molecular flexibility index (Phi) is 6.47. The maximum atomic E-state index is 5.56. The zero-order valence-corrected chi connectivity index (χ0v) is 14.8. The molecule has 1 fully saturated rings. The van der Waals surface area contributed by atoms with Crippen molar-refractivity contribution >= 4 is 6.08 Å². The molecule has 3 rings (SSSR count). The maximum Gasteiger partial charge on any atom is 0.119 e. The lowest BCUT2D eigenvalue weighted by Gasteiger charge is -2.21. The number of benzene rings is 2. The molecule has 1 aliphatic carbocycles. The van der Waals surface area contributed by atoms with Crippen molar-refractivity contribution in [1.82, 2.24) is 4.90 Å². The first-order valence-corrected chi connectivity index (χ1v) is 9.10. The van der Waals surface area contributed by atoms with Crippen molar-refractivity contribution in [3.8, 4) is 5.75 Å². The van der Waals surface area contributed by atoms with E-state index in [9.17, 15) is 0 Å². The minimum atomic E-state index is 0.553. The third-order valence-electron chi connectivity index (χ3n) is 4.38. The van der Waals surface area contributed by atoms with Crippen LogP contribution in [0.3, 0.4) is 0 Å². The lowest BCUT2D eigenvalue weighted by Crippen LogP contribution is -2.25. The quantitative estimate of drug-likeness (QED) is 0.556. The number of hydrogen-bond donors (Lipinski definition) is 0. The molecular formula is C23H27NO. The summed E-state index contributed by atoms with van der Waals surface area (Å²) in [4.78, 5) is 2.54. The standard InChI is InChI=1S/C23H27NO/c1-2-17-25-23-14-12-22(13-15-23)19-24(18-21-10-11-21)16-6-9-20-7-4-3-5-8-20/h2-9,12-15,21H,1,10-11,16-19H2/b9-6+. The van der Waals surface area contributed by atoms with Gasteiger partial charge in [-0.25, -0.2) is 0 Å². The van der Waals surface area contributed by atoms with Gasteiger partial charge in [-0.15, -0.1) is 0 Å². The molecule has 1 aliphatic rings. The predicted molar refractivity (Wildman–Crippen MR) is 106 cm³/mol. The predicted octanol–water partition coefficient (Wildman–Crippen LogP) is 5.18. The fraction of sp³-hybridized carbons (Fsp3) is 0.304. The van der Waals surface area contributed by atoms with Gasteiger partial charge in [0.1, 0.15) is 12.4 Å². The van der Waals surface area contributed by atoms with Crippen LogP contribution in [-0.4, -0.2) is 24.6 Å². The molecule has 0 atom stereocenters. The van der Waals surface area contributed by atoms with E-state index >= 15 is 0 Å². The van der Waals surface area contributed by atoms with Crippen molar-refractivity contribution < 1.29 is 4.74 Å². The molecule has 25 heavy (non-hydrogen) atoms. The van der Waals surface area contributed by atoms with Crippen molar-refractivity contribution in [3.63, 3.8) is 0 Å². The number of ether oxygens (including phenoxy) is 1. The van der Waals surface area contributed by atoms with Gasteiger partial charge in [0.05, 0.1) is 0 Å². The summed E-state index contributed by atoms with van der Waals surface area (Å²) in [7, 11) is 0. The first-order valence-electron chi connectivity index (χ1n) is 9.10. The Balaban J connectivity index is 1.56. The highest BCUT2D eigenvalue weighted by Gasteiger charge is 2.23. The minimum Gasteiger partial charge on any atom is -0.490 e. The third kappa shape index (κ3) is 6.24. The first kappa shape index (κ1) is 17.5. The van der Waals surface area contributed by atoms with Crippen LogP contribution in [0.2, 0.25) is 0 Å². The Morgan fingerprint density at radius 2 is 1.80 bits per heavy atom. The molecule has 0 heterocycles. The molecule has 130 valence electrons. The van der Waals surface area contributed by atoms with Gasteiger partial charge in [0.25, 0.3) is 0 Å². The Bertz CT molecular complexity index is 671. The monoisotopic (exact) mass is 333 g/mol. The van der Waals surface area contributed by atoms with E-state index < -0.39 is 0 Å². The van der Waals surface area contributed by atoms with Crippen molar-refractivity contribution in [2.24, 2.45) is 5.92 Å². The largest absolute Gasteiger partial charge is 0.490 e. The number of hydrogen-bond acceptors (Lipinski definition) is 2. The zero-order chi connectivity index (χ0) is 17.3. The molecule has 1 saturated carbocycles. The van der Waals surface area contributed by atoms with Crippen LogP contribution >= 0.6 is 0 Å². The van der Waals surface area contributed by atoms with Gasteiger partial charge in [-0.2, -0.15) is 0 Å². The molecule has 0 saturated heterocycles. The number of nitrogens with zero attached hydrogens (tertiary/aromatic N) is 1. The van der Waals surface area contributed by atoms with E-state index in [1.54, 1.807) is 6.08 Å². The van der Waals surface area contributed by atoms with E-state index in [4.69, 9.17) is 4.74 Å². The van der Waals surface area contributed by atoms with E-state index in [0.29, 0.717) is 6.61 Å². The van der Waals surface area contributed by atoms with Crippen LogP contribution in [0.25, 0.3) is 6.08 Å². The van der Waals surface area contributed by atoms with Crippen molar-refractivity contribution in [2.75, 3.05) is 19.7 Å². The van der Waals surface area contributed by atoms with E-state index in [1.807, 2.05) is 12.1 Å². The van der Waals surface area contributed by atoms with Gasteiger partial charge in [0, 0.05) is 19.6 Å². The van der Waals surface area contributed by atoms with Crippen LogP contribution < -0.4 is 4.74 Å². The summed E-state index contributed by atoms with van der Waals surface area (Å²) in [5.74, 6) is 1.79. The Labute approximate surface area is 151 Å². The molecule has 0 spiro atoms. The summed E-state index contributed by atoms with van der Waals surface area (Å²) in [6.07, 6.45) is 9.02. The molecule has 0 aliphatic heterocycles. The Hall–Kier alpha value is -2.32. The number of rotatable bonds is 10. The van der Waals surface area contributed by atoms with Gasteiger partial charge in [0.15, 0.2) is 0 Å². The average molecular weight is 333 g/mol. The molecular weight excluding hydrogens is 306 g/mol. The van der Waals surface area contributed by atoms with Crippen LogP contribution in [0.15, 0.2) is 73.3 Å². The summed E-state index contributed by atoms with van der Waals surface area (Å²) >= 11 is 0. The average Bonchev–Trinajstić information content (AvgIpc) is 3.46. The summed E-state index contributed by atoms with van der Waals surface area (Å²) in [6.45, 7) is 7.39. The molecule has 0 aromatic heterocycles. The van der Waals surface area contributed by atoms with E-state index in [1.165, 1.54) is 30.5 Å². The fourth-order valence-electron chi connectivity index (χ4n) is 2.88. The molecule has 2 aromatic rings. The Morgan fingerprint density at radius 1 is 1.04 bits per heavy atom. The van der Waals surface area contributed by atoms with E-state index in [2.05, 4.69) is 66.1 Å². The van der Waals surface area contributed by atoms with Crippen LogP contribution in [0.1, 0.15) is 24.0 Å². The van der Waals surface area contributed by atoms with Gasteiger partial charge in [-0.3, -0.25) is 4.90 Å². The van der Waals surface area contributed by atoms with Gasteiger partial charge in [0.2, 0.25) is 0 Å². The molecule has 2 nitrogen and oxygen atoms in total. The smallest absolute Gasteiger partial charge is 0.119 e. The third-order valence-corrected chi connectivity index (χ3v) is 4.38. The van der Waals surface area contributed by atoms with Gasteiger partial charge >= 0.3 is 0 Å². The SMILES string of the molecule is C=CCOc1ccc(CN(C/C=C/c2ccccc2)CC2CC2)cc1. The minimum absolute atomic E-state index is 0.553. The second-order valence-electron chi connectivity index (χ2n) is 6.69. The van der Waals surface area contributed by atoms with Crippen LogP contribution in [0, 0.1) is 5.92 Å². The highest BCUT2D eigenvalue weighted by molar-refractivity contribution is 5.48. The summed E-state index contributed by atoms with van der Waals surface area (Å²) < 4.78 is 5.56. The topological polar surface area (TPSA) is 12.5 Å². The van der Waals surface area contributed by atoms with Gasteiger partial charge < -0.3 is 4.74 Å². The van der Waals surface area contributed by atoms with Crippen molar-refractivity contribution in [2.45, 2.75) is 19.4 Å². The highest BCUT2D eigenvalue weighted by Crippen LogP contribution is 2.30. The lowest BCUT2D eigenvalue weighted by atomic mass is 10.2. The molecule has 0 radical (unpaired) electrons. The van der Waals surface area contributed by atoms with E-state index in [-0.39, 0.29) is 0 Å². The maximum absolute atomic E-state index is 5.56. The molecule has 0 N–H and O–H groups in total. The van der Waals surface area contributed by atoms with E-state index in [0.717, 1.165) is 24.8 Å². The molecule has 0 bridgehead atoms. The molecule has 2 heteroatoms. The fourth-order valence-corrected chi connectivity index (χ4v) is 2.88. The van der Waals surface area contributed by atoms with Crippen LogP contribution in [-0.2, 0) is 6.54 Å². The first-order chi connectivity index (χ1) is 12.3. The van der Waals surface area contributed by atoms with Crippen molar-refractivity contribution in [3.05, 3.63) is 84.5 Å². The Morgan fingerprint density at radius 3 is 2.48 bits per heavy atom. The second-order valence-corrected chi connectivity index (χ2v) is 6.69. The van der Waals surface area contributed by atoms with Gasteiger partial charge in [-0.1, -0.05) is 67.3 Å². The summed E-state index contributed by atoms with van der Waals surface area (Å²) in [6, 6.07) is 18.9. The second kappa shape index (κ2) is 9.24. The molecule has 0 amide bonds. The molecule has 2 aromatic carbocycles. The van der Waals surface area contributed by atoms with Crippen LogP contribution in [0.4, 0.5) is 0 Å². The van der Waals surface area contributed by atoms with Crippen LogP contribution in [0.5, 0.6) is 5.75 Å². The van der Waals surface area contributed by atoms with Crippen molar-refractivity contribution in [1.29, 1.82) is 0 Å². The summed E-state index contributed by atoms with van der Waals surface area (Å²) in [5, 5.41) is 0. The normalized spacial score (nSPS) is 14.1. The van der Waals surface area contributed by atoms with Gasteiger partial charge in [-0.05, 0) is 42.0 Å².